The summed E-state index contributed by atoms with van der Waals surface area (Å²) in [6.07, 6.45) is 2.22. The monoisotopic (exact) mass is 329 g/mol. The van der Waals surface area contributed by atoms with Crippen LogP contribution in [0.15, 0.2) is 11.0 Å². The first-order chi connectivity index (χ1) is 9.55. The number of hydrogen-bond donors (Lipinski definition) is 1. The fourth-order valence-corrected chi connectivity index (χ4v) is 4.29. The van der Waals surface area contributed by atoms with Gasteiger partial charge in [0.25, 0.3) is 15.0 Å². The average molecular weight is 330 g/mol. The second kappa shape index (κ2) is 5.29. The second-order valence-electron chi connectivity index (χ2n) is 6.27. The van der Waals surface area contributed by atoms with Crippen molar-refractivity contribution < 1.29 is 13.2 Å². The molecule has 0 radical (unpaired) electrons. The number of rotatable bonds is 4. The van der Waals surface area contributed by atoms with Gasteiger partial charge in [-0.2, -0.15) is 0 Å². The molecule has 0 atom stereocenters. The highest BCUT2D eigenvalue weighted by atomic mass is 35.7. The molecular formula is C15H20ClNO3S. The molecule has 2 rings (SSSR count). The van der Waals surface area contributed by atoms with Crippen molar-refractivity contribution in [2.24, 2.45) is 5.41 Å². The van der Waals surface area contributed by atoms with Crippen molar-refractivity contribution in [3.05, 3.63) is 28.3 Å². The summed E-state index contributed by atoms with van der Waals surface area (Å²) in [5, 5.41) is 2.90. The normalized spacial score (nSPS) is 16.6. The Bertz CT molecular complexity index is 706. The topological polar surface area (TPSA) is 63.2 Å². The Morgan fingerprint density at radius 3 is 2.33 bits per heavy atom. The van der Waals surface area contributed by atoms with E-state index in [2.05, 4.69) is 12.2 Å². The molecule has 0 aromatic heterocycles. The van der Waals surface area contributed by atoms with E-state index in [1.807, 2.05) is 0 Å². The molecular weight excluding hydrogens is 310 g/mol. The summed E-state index contributed by atoms with van der Waals surface area (Å²) in [6.45, 7) is 7.85. The van der Waals surface area contributed by atoms with Gasteiger partial charge in [0.2, 0.25) is 0 Å². The summed E-state index contributed by atoms with van der Waals surface area (Å²) < 4.78 is 23.4. The predicted octanol–water partition coefficient (Wildman–Crippen LogP) is 3.07. The highest BCUT2D eigenvalue weighted by Gasteiger charge is 2.37. The molecule has 21 heavy (non-hydrogen) atoms. The molecule has 1 aliphatic carbocycles. The van der Waals surface area contributed by atoms with Crippen LogP contribution in [-0.2, 0) is 9.05 Å². The van der Waals surface area contributed by atoms with Crippen molar-refractivity contribution in [2.45, 2.75) is 45.4 Å². The van der Waals surface area contributed by atoms with E-state index in [1.165, 1.54) is 0 Å². The van der Waals surface area contributed by atoms with Crippen molar-refractivity contribution in [2.75, 3.05) is 6.54 Å². The van der Waals surface area contributed by atoms with Crippen molar-refractivity contribution in [3.8, 4) is 0 Å². The van der Waals surface area contributed by atoms with E-state index >= 15 is 0 Å². The average Bonchev–Trinajstić information content (AvgIpc) is 3.02. The van der Waals surface area contributed by atoms with Crippen LogP contribution in [0.5, 0.6) is 0 Å². The molecule has 6 heteroatoms. The van der Waals surface area contributed by atoms with Crippen LogP contribution in [0.1, 0.15) is 46.8 Å². The Balaban J connectivity index is 2.41. The van der Waals surface area contributed by atoms with Gasteiger partial charge in [-0.15, -0.1) is 0 Å². The maximum atomic E-state index is 12.4. The molecule has 116 valence electrons. The zero-order valence-electron chi connectivity index (χ0n) is 12.7. The molecule has 1 fully saturated rings. The molecule has 4 nitrogen and oxygen atoms in total. The van der Waals surface area contributed by atoms with Crippen LogP contribution >= 0.6 is 10.7 Å². The van der Waals surface area contributed by atoms with Crippen LogP contribution in [0, 0.1) is 26.2 Å². The van der Waals surface area contributed by atoms with E-state index in [1.54, 1.807) is 26.8 Å². The molecule has 1 amide bonds. The molecule has 1 aromatic carbocycles. The molecule has 0 heterocycles. The Morgan fingerprint density at radius 2 is 1.86 bits per heavy atom. The van der Waals surface area contributed by atoms with Crippen molar-refractivity contribution >= 4 is 25.6 Å². The minimum atomic E-state index is -3.88. The van der Waals surface area contributed by atoms with Crippen LogP contribution in [0.25, 0.3) is 0 Å². The van der Waals surface area contributed by atoms with Crippen LogP contribution < -0.4 is 5.32 Å². The number of halogens is 1. The van der Waals surface area contributed by atoms with E-state index in [4.69, 9.17) is 10.7 Å². The summed E-state index contributed by atoms with van der Waals surface area (Å²) >= 11 is 0. The Hall–Kier alpha value is -1.07. The molecule has 1 N–H and O–H groups in total. The number of nitrogens with one attached hydrogen (secondary N) is 1. The van der Waals surface area contributed by atoms with E-state index in [9.17, 15) is 13.2 Å². The summed E-state index contributed by atoms with van der Waals surface area (Å²) in [6, 6.07) is 1.69. The van der Waals surface area contributed by atoms with E-state index < -0.39 is 9.05 Å². The minimum Gasteiger partial charge on any atom is -0.351 e. The van der Waals surface area contributed by atoms with Gasteiger partial charge in [0.15, 0.2) is 0 Å². The lowest BCUT2D eigenvalue weighted by Crippen LogP contribution is -2.30. The van der Waals surface area contributed by atoms with Gasteiger partial charge < -0.3 is 5.32 Å². The minimum absolute atomic E-state index is 0.0394. The maximum Gasteiger partial charge on any atom is 0.261 e. The summed E-state index contributed by atoms with van der Waals surface area (Å²) in [5.41, 5.74) is 2.34. The molecule has 1 aliphatic rings. The van der Waals surface area contributed by atoms with Gasteiger partial charge in [0.1, 0.15) is 0 Å². The summed E-state index contributed by atoms with van der Waals surface area (Å²) in [7, 11) is 1.62. The first kappa shape index (κ1) is 16.3. The highest BCUT2D eigenvalue weighted by molar-refractivity contribution is 8.13. The number of carbonyl (C=O) groups excluding carboxylic acids is 1. The standard InChI is InChI=1S/C15H20ClNO3S/c1-9-7-10(2)13(21(16,19)20)11(3)12(9)14(18)17-8-15(4)5-6-15/h7H,5-6,8H2,1-4H3,(H,17,18). The molecule has 0 saturated heterocycles. The van der Waals surface area contributed by atoms with Crippen LogP contribution in [0.4, 0.5) is 0 Å². The zero-order valence-corrected chi connectivity index (χ0v) is 14.3. The van der Waals surface area contributed by atoms with E-state index in [0.717, 1.165) is 18.4 Å². The van der Waals surface area contributed by atoms with E-state index in [-0.39, 0.29) is 16.2 Å². The third kappa shape index (κ3) is 3.40. The maximum absolute atomic E-state index is 12.4. The SMILES string of the molecule is Cc1cc(C)c(S(=O)(=O)Cl)c(C)c1C(=O)NCC1(C)CC1. The van der Waals surface area contributed by atoms with Crippen molar-refractivity contribution in [1.29, 1.82) is 0 Å². The van der Waals surface area contributed by atoms with Crippen molar-refractivity contribution in [1.82, 2.24) is 5.32 Å². The number of carbonyl (C=O) groups is 1. The fourth-order valence-electron chi connectivity index (χ4n) is 2.66. The van der Waals surface area contributed by atoms with Crippen LogP contribution in [0.3, 0.4) is 0 Å². The quantitative estimate of drug-likeness (QED) is 0.863. The predicted molar refractivity (Wildman–Crippen MR) is 83.4 cm³/mol. The van der Waals surface area contributed by atoms with Gasteiger partial charge in [-0.25, -0.2) is 8.42 Å². The zero-order chi connectivity index (χ0) is 16.0. The van der Waals surface area contributed by atoms with Gasteiger partial charge in [-0.1, -0.05) is 13.0 Å². The van der Waals surface area contributed by atoms with Crippen molar-refractivity contribution in [3.63, 3.8) is 0 Å². The number of hydrogen-bond acceptors (Lipinski definition) is 3. The lowest BCUT2D eigenvalue weighted by atomic mass is 9.98. The second-order valence-corrected chi connectivity index (χ2v) is 8.77. The Kier molecular flexibility index (Phi) is 4.10. The molecule has 0 bridgehead atoms. The smallest absolute Gasteiger partial charge is 0.261 e. The third-order valence-corrected chi connectivity index (χ3v) is 5.73. The summed E-state index contributed by atoms with van der Waals surface area (Å²) in [5.74, 6) is -0.236. The van der Waals surface area contributed by atoms with E-state index in [0.29, 0.717) is 23.2 Å². The van der Waals surface area contributed by atoms with Gasteiger partial charge in [-0.05, 0) is 55.7 Å². The molecule has 1 aromatic rings. The lowest BCUT2D eigenvalue weighted by Gasteiger charge is -2.16. The molecule has 0 unspecified atom stereocenters. The van der Waals surface area contributed by atoms with Crippen LogP contribution in [-0.4, -0.2) is 20.9 Å². The summed E-state index contributed by atoms with van der Waals surface area (Å²) in [4.78, 5) is 12.4. The number of aryl methyl sites for hydroxylation is 2. The van der Waals surface area contributed by atoms with Gasteiger partial charge in [0.05, 0.1) is 4.90 Å². The highest BCUT2D eigenvalue weighted by Crippen LogP contribution is 2.44. The molecule has 1 saturated carbocycles. The lowest BCUT2D eigenvalue weighted by molar-refractivity contribution is 0.0944. The van der Waals surface area contributed by atoms with Gasteiger partial charge in [-0.3, -0.25) is 4.79 Å². The Labute approximate surface area is 130 Å². The molecule has 0 aliphatic heterocycles. The Morgan fingerprint density at radius 1 is 1.29 bits per heavy atom. The first-order valence-electron chi connectivity index (χ1n) is 6.89. The fraction of sp³-hybridized carbons (Fsp3) is 0.533. The number of amides is 1. The van der Waals surface area contributed by atoms with Crippen LogP contribution in [0.2, 0.25) is 0 Å². The van der Waals surface area contributed by atoms with Gasteiger partial charge >= 0.3 is 0 Å². The third-order valence-electron chi connectivity index (χ3n) is 4.15. The number of benzene rings is 1. The largest absolute Gasteiger partial charge is 0.351 e. The van der Waals surface area contributed by atoms with Gasteiger partial charge in [0, 0.05) is 22.8 Å². The first-order valence-corrected chi connectivity index (χ1v) is 9.20. The molecule has 0 spiro atoms.